The fourth-order valence-corrected chi connectivity index (χ4v) is 23.4. The first-order valence-electron chi connectivity index (χ1n) is 40.2. The minimum Gasteiger partial charge on any atom is -0.361 e. The van der Waals surface area contributed by atoms with Crippen molar-refractivity contribution in [2.75, 3.05) is 39.3 Å². The molecule has 2 N–H and O–H groups in total. The molecule has 6 aromatic heterocycles. The van der Waals surface area contributed by atoms with Crippen LogP contribution in [0.3, 0.4) is 0 Å². The number of benzene rings is 6. The van der Waals surface area contributed by atoms with Crippen molar-refractivity contribution in [1.82, 2.24) is 39.4 Å². The van der Waals surface area contributed by atoms with E-state index in [9.17, 15) is 28.8 Å². The van der Waals surface area contributed by atoms with Gasteiger partial charge in [0.25, 0.3) is 0 Å². The molecule has 6 amide bonds. The molecule has 12 heterocycles. The SMILES string of the molecule is C=CC(=O)N1Cc2[nH]c(C)cc2[C@@H](c2ccccc2)C1.C=CC(=O)N1Cc2[nH]c(C)cc2[C@H](c2ccccc2)C1.C=CC(=O)N1Cc2sc(Br)cc2[C@@H](c2ccccc2C)C1.C=CC(=O)N1Cc2sc(Br)cc2[C@H](c2ccccc2C)C1.C=CC(=O)N1Cc2sc(Cl)cc2[C@@H](c2ccccc2)C1.C=CC(=O)N1Cc2sc(Cl)cc2[C@H](c2ccccc2)C1. The van der Waals surface area contributed by atoms with Crippen LogP contribution in [0.5, 0.6) is 0 Å². The lowest BCUT2D eigenvalue weighted by Crippen LogP contribution is -2.37. The first-order valence-corrected chi connectivity index (χ1v) is 45.8. The number of H-pyrrole nitrogens is 2. The predicted molar refractivity (Wildman–Crippen MR) is 507 cm³/mol. The van der Waals surface area contributed by atoms with Gasteiger partial charge in [-0.2, -0.15) is 0 Å². The van der Waals surface area contributed by atoms with Crippen LogP contribution in [0.4, 0.5) is 0 Å². The van der Waals surface area contributed by atoms with Gasteiger partial charge in [-0.05, 0) is 210 Å². The molecule has 0 spiro atoms. The summed E-state index contributed by atoms with van der Waals surface area (Å²) in [5, 5.41) is 0. The van der Waals surface area contributed by atoms with Gasteiger partial charge >= 0.3 is 0 Å². The molecule has 12 aromatic rings. The molecule has 6 aliphatic heterocycles. The highest BCUT2D eigenvalue weighted by Gasteiger charge is 2.37. The van der Waals surface area contributed by atoms with Crippen LogP contribution < -0.4 is 0 Å². The van der Waals surface area contributed by atoms with Crippen LogP contribution in [0.2, 0.25) is 8.67 Å². The quantitative estimate of drug-likeness (QED) is 0.116. The second kappa shape index (κ2) is 41.1. The minimum atomic E-state index is -0.0268. The topological polar surface area (TPSA) is 153 Å². The highest BCUT2D eigenvalue weighted by Crippen LogP contribution is 2.46. The summed E-state index contributed by atoms with van der Waals surface area (Å²) in [5.74, 6) is 1.24. The van der Waals surface area contributed by atoms with E-state index in [1.165, 1.54) is 134 Å². The normalized spacial score (nSPS) is 17.6. The molecule has 0 unspecified atom stereocenters. The zero-order valence-corrected chi connectivity index (χ0v) is 76.5. The molecule has 18 rings (SSSR count). The molecule has 22 heteroatoms. The number of halogens is 4. The highest BCUT2D eigenvalue weighted by molar-refractivity contribution is 9.11. The van der Waals surface area contributed by atoms with Crippen LogP contribution in [0, 0.1) is 27.7 Å². The maximum absolute atomic E-state index is 12.0. The van der Waals surface area contributed by atoms with E-state index in [1.807, 2.05) is 114 Å². The Hall–Kier alpha value is -10.5. The lowest BCUT2D eigenvalue weighted by molar-refractivity contribution is -0.127. The molecular weight excluding hydrogens is 1770 g/mol. The van der Waals surface area contributed by atoms with Gasteiger partial charge in [0, 0.05) is 117 Å². The number of carbonyl (C=O) groups excluding carboxylic acids is 6. The molecule has 0 saturated heterocycles. The Balaban J connectivity index is 0.000000126. The number of nitrogens with one attached hydrogen (secondary N) is 2. The van der Waals surface area contributed by atoms with Crippen LogP contribution in [-0.2, 0) is 68.0 Å². The number of thiophene rings is 4. The number of rotatable bonds is 12. The van der Waals surface area contributed by atoms with Crippen LogP contribution >= 0.6 is 100 Å². The summed E-state index contributed by atoms with van der Waals surface area (Å²) in [7, 11) is 0. The van der Waals surface area contributed by atoms with Crippen molar-refractivity contribution in [3.05, 3.63) is 419 Å². The Labute approximate surface area is 757 Å². The Morgan fingerprint density at radius 1 is 0.311 bits per heavy atom. The van der Waals surface area contributed by atoms with Crippen molar-refractivity contribution in [3.8, 4) is 0 Å². The molecule has 0 saturated carbocycles. The Morgan fingerprint density at radius 2 is 0.549 bits per heavy atom. The molecule has 6 aliphatic rings. The number of aryl methyl sites for hydroxylation is 4. The van der Waals surface area contributed by atoms with Crippen LogP contribution in [0.1, 0.15) is 156 Å². The summed E-state index contributed by atoms with van der Waals surface area (Å²) in [6.07, 6.45) is 8.35. The van der Waals surface area contributed by atoms with Gasteiger partial charge in [-0.15, -0.1) is 45.3 Å². The second-order valence-corrected chi connectivity index (χ2v) is 39.3. The summed E-state index contributed by atoms with van der Waals surface area (Å²) in [5.41, 5.74) is 22.4. The van der Waals surface area contributed by atoms with E-state index in [0.717, 1.165) is 39.0 Å². The average molecular weight is 1860 g/mol. The van der Waals surface area contributed by atoms with E-state index in [-0.39, 0.29) is 71.0 Å². The number of carbonyl (C=O) groups is 6. The number of hydrogen-bond acceptors (Lipinski definition) is 10. The van der Waals surface area contributed by atoms with E-state index >= 15 is 0 Å². The lowest BCUT2D eigenvalue weighted by Gasteiger charge is -2.33. The van der Waals surface area contributed by atoms with E-state index < -0.39 is 0 Å². The van der Waals surface area contributed by atoms with E-state index in [4.69, 9.17) is 23.2 Å². The molecule has 14 nitrogen and oxygen atoms in total. The Kier molecular flexibility index (Phi) is 30.1. The number of hydrogen-bond donors (Lipinski definition) is 2. The van der Waals surface area contributed by atoms with Gasteiger partial charge in [0.2, 0.25) is 35.4 Å². The van der Waals surface area contributed by atoms with Crippen LogP contribution in [-0.4, -0.2) is 114 Å². The largest absolute Gasteiger partial charge is 0.361 e. The summed E-state index contributed by atoms with van der Waals surface area (Å²) >= 11 is 26.0. The molecule has 6 atom stereocenters. The van der Waals surface area contributed by atoms with Gasteiger partial charge in [-0.25, -0.2) is 0 Å². The maximum Gasteiger partial charge on any atom is 0.246 e. The minimum absolute atomic E-state index is 0.00348. The maximum atomic E-state index is 12.0. The zero-order chi connectivity index (χ0) is 86.4. The van der Waals surface area contributed by atoms with E-state index in [2.05, 4.69) is 230 Å². The van der Waals surface area contributed by atoms with Gasteiger partial charge in [0.15, 0.2) is 0 Å². The molecule has 0 aliphatic carbocycles. The highest BCUT2D eigenvalue weighted by atomic mass is 79.9. The Morgan fingerprint density at radius 3 is 0.828 bits per heavy atom. The van der Waals surface area contributed by atoms with E-state index in [1.54, 1.807) is 45.3 Å². The fraction of sp³-hybridized carbons (Fsp3) is 0.220. The standard InChI is InChI=1S/2C17H16BrNOS.2C17H18N2O.2C16H14ClNOS/c2*1-3-17(20)19-9-14(12-7-5-4-6-11(12)2)13-8-16(18)21-15(13)10-19;2*1-3-17(20)19-10-15(13-7-5-4-6-8-13)14-9-12(2)18-16(14)11-19;2*1-2-16(19)18-9-13(11-6-4-3-5-7-11)12-8-15(17)20-14(12)10-18/h2*3-8,14H,1,9-10H2,2H3;2*3-9,15,18H,1,10-11H2,2H3;2*2-8,13H,1,9-10H2/t2*14-;2*15-;2*13-/m101010/s1. The van der Waals surface area contributed by atoms with E-state index in [0.29, 0.717) is 78.5 Å². The predicted octanol–water partition coefficient (Wildman–Crippen LogP) is 23.0. The molecular formula is C100H96Br2Cl2N8O6S4. The Bertz CT molecular complexity index is 5250. The number of aromatic nitrogens is 2. The number of fused-ring (bicyclic) bond motifs is 6. The van der Waals surface area contributed by atoms with Gasteiger partial charge in [-0.3, -0.25) is 28.8 Å². The molecule has 624 valence electrons. The van der Waals surface area contributed by atoms with Gasteiger partial charge in [0.1, 0.15) is 0 Å². The van der Waals surface area contributed by atoms with Crippen molar-refractivity contribution >= 4 is 136 Å². The summed E-state index contributed by atoms with van der Waals surface area (Å²) < 4.78 is 3.81. The van der Waals surface area contributed by atoms with Gasteiger partial charge in [0.05, 0.1) is 55.5 Å². The van der Waals surface area contributed by atoms with Crippen molar-refractivity contribution in [2.24, 2.45) is 0 Å². The third kappa shape index (κ3) is 21.0. The van der Waals surface area contributed by atoms with Crippen molar-refractivity contribution < 1.29 is 28.8 Å². The third-order valence-electron chi connectivity index (χ3n) is 22.9. The first kappa shape index (κ1) is 89.2. The number of aromatic amines is 2. The zero-order valence-electron chi connectivity index (χ0n) is 68.6. The molecule has 0 fully saturated rings. The average Bonchev–Trinajstić information content (AvgIpc) is 1.64. The summed E-state index contributed by atoms with van der Waals surface area (Å²) in [6, 6.07) is 70.9. The van der Waals surface area contributed by atoms with Crippen LogP contribution in [0.15, 0.2) is 290 Å². The first-order chi connectivity index (χ1) is 58.9. The van der Waals surface area contributed by atoms with Gasteiger partial charge in [-0.1, -0.05) is 233 Å². The fourth-order valence-electron chi connectivity index (χ4n) is 17.1. The molecule has 122 heavy (non-hydrogen) atoms. The number of amides is 6. The second-order valence-electron chi connectivity index (χ2n) is 30.7. The van der Waals surface area contributed by atoms with Crippen molar-refractivity contribution in [1.29, 1.82) is 0 Å². The third-order valence-corrected chi connectivity index (χ3v) is 28.7. The van der Waals surface area contributed by atoms with Crippen molar-refractivity contribution in [2.45, 2.75) is 102 Å². The van der Waals surface area contributed by atoms with Gasteiger partial charge < -0.3 is 39.4 Å². The lowest BCUT2D eigenvalue weighted by atomic mass is 9.86. The molecule has 0 radical (unpaired) electrons. The molecule has 6 aromatic carbocycles. The number of nitrogens with zero attached hydrogens (tertiary/aromatic N) is 6. The smallest absolute Gasteiger partial charge is 0.246 e. The van der Waals surface area contributed by atoms with Crippen molar-refractivity contribution in [3.63, 3.8) is 0 Å². The van der Waals surface area contributed by atoms with Crippen LogP contribution in [0.25, 0.3) is 0 Å². The summed E-state index contributed by atoms with van der Waals surface area (Å²) in [4.78, 5) is 94.6. The molecule has 0 bridgehead atoms. The monoisotopic (exact) mass is 1860 g/mol. The summed E-state index contributed by atoms with van der Waals surface area (Å²) in [6.45, 7) is 38.0.